The minimum absolute atomic E-state index is 0.0470. The fourth-order valence-electron chi connectivity index (χ4n) is 1.47. The Labute approximate surface area is 110 Å². The fourth-order valence-corrected chi connectivity index (χ4v) is 1.62. The fraction of sp³-hybridized carbons (Fsp3) is 0.455. The van der Waals surface area contributed by atoms with Gasteiger partial charge in [0.05, 0.1) is 0 Å². The average molecular weight is 265 g/mol. The predicted octanol–water partition coefficient (Wildman–Crippen LogP) is 0.191. The van der Waals surface area contributed by atoms with E-state index in [4.69, 9.17) is 18.0 Å². The van der Waals surface area contributed by atoms with Crippen molar-refractivity contribution in [3.8, 4) is 0 Å². The van der Waals surface area contributed by atoms with E-state index in [9.17, 15) is 4.79 Å². The largest absolute Gasteiger partial charge is 0.388 e. The zero-order chi connectivity index (χ0) is 13.0. The van der Waals surface area contributed by atoms with Gasteiger partial charge in [0, 0.05) is 31.4 Å². The van der Waals surface area contributed by atoms with Gasteiger partial charge in [-0.05, 0) is 12.8 Å². The van der Waals surface area contributed by atoms with E-state index in [0.29, 0.717) is 30.5 Å². The first-order valence-corrected chi connectivity index (χ1v) is 6.21. The maximum atomic E-state index is 11.5. The molecule has 0 spiro atoms. The molecule has 7 heteroatoms. The Bertz CT molecular complexity index is 461. The van der Waals surface area contributed by atoms with Crippen LogP contribution in [0.1, 0.15) is 25.0 Å². The highest BCUT2D eigenvalue weighted by Crippen LogP contribution is 2.18. The monoisotopic (exact) mass is 265 g/mol. The maximum absolute atomic E-state index is 11.5. The van der Waals surface area contributed by atoms with Crippen molar-refractivity contribution in [2.45, 2.75) is 25.3 Å². The second-order valence-electron chi connectivity index (χ2n) is 4.14. The van der Waals surface area contributed by atoms with Crippen LogP contribution in [0.5, 0.6) is 0 Å². The first kappa shape index (κ1) is 12.7. The van der Waals surface area contributed by atoms with Crippen LogP contribution >= 0.6 is 12.2 Å². The third kappa shape index (κ3) is 3.63. The Hall–Kier alpha value is -1.76. The minimum Gasteiger partial charge on any atom is -0.388 e. The van der Waals surface area contributed by atoms with Gasteiger partial charge in [-0.15, -0.1) is 0 Å². The van der Waals surface area contributed by atoms with Crippen molar-refractivity contribution >= 4 is 28.9 Å². The van der Waals surface area contributed by atoms with Gasteiger partial charge < -0.3 is 16.4 Å². The number of hydrogen-bond donors (Lipinski definition) is 3. The first-order valence-electron chi connectivity index (χ1n) is 5.81. The summed E-state index contributed by atoms with van der Waals surface area (Å²) in [5, 5.41) is 5.93. The van der Waals surface area contributed by atoms with E-state index in [1.807, 2.05) is 0 Å². The molecule has 4 N–H and O–H groups in total. The summed E-state index contributed by atoms with van der Waals surface area (Å²) in [4.78, 5) is 19.8. The van der Waals surface area contributed by atoms with Gasteiger partial charge in [-0.25, -0.2) is 9.97 Å². The summed E-state index contributed by atoms with van der Waals surface area (Å²) in [7, 11) is 0. The van der Waals surface area contributed by atoms with E-state index in [-0.39, 0.29) is 10.9 Å². The lowest BCUT2D eigenvalue weighted by Gasteiger charge is -2.08. The SMILES string of the molecule is NC(=S)c1nccnc1NCCC(=O)NC1CC1. The van der Waals surface area contributed by atoms with Gasteiger partial charge in [-0.1, -0.05) is 12.2 Å². The van der Waals surface area contributed by atoms with E-state index >= 15 is 0 Å². The normalized spacial score (nSPS) is 14.0. The molecule has 1 amide bonds. The summed E-state index contributed by atoms with van der Waals surface area (Å²) in [5.74, 6) is 0.565. The quantitative estimate of drug-likeness (QED) is 0.636. The van der Waals surface area contributed by atoms with Crippen molar-refractivity contribution < 1.29 is 4.79 Å². The van der Waals surface area contributed by atoms with Gasteiger partial charge in [0.15, 0.2) is 5.82 Å². The number of nitrogens with one attached hydrogen (secondary N) is 2. The Morgan fingerprint density at radius 3 is 2.83 bits per heavy atom. The smallest absolute Gasteiger partial charge is 0.221 e. The van der Waals surface area contributed by atoms with Gasteiger partial charge in [0.1, 0.15) is 10.7 Å². The van der Waals surface area contributed by atoms with E-state index in [0.717, 1.165) is 12.8 Å². The van der Waals surface area contributed by atoms with Crippen molar-refractivity contribution in [2.24, 2.45) is 5.73 Å². The molecule has 1 aromatic heterocycles. The number of rotatable bonds is 6. The standard InChI is InChI=1S/C11H15N5OS/c12-10(18)9-11(15-6-5-13-9)14-4-3-8(17)16-7-1-2-7/h5-7H,1-4H2,(H2,12,18)(H,14,15)(H,16,17). The molecule has 1 aliphatic rings. The second kappa shape index (κ2) is 5.72. The van der Waals surface area contributed by atoms with E-state index in [2.05, 4.69) is 20.6 Å². The molecule has 1 aromatic rings. The van der Waals surface area contributed by atoms with E-state index in [1.54, 1.807) is 6.20 Å². The van der Waals surface area contributed by atoms with Crippen molar-refractivity contribution in [2.75, 3.05) is 11.9 Å². The average Bonchev–Trinajstić information content (AvgIpc) is 3.13. The molecule has 0 radical (unpaired) electrons. The van der Waals surface area contributed by atoms with E-state index < -0.39 is 0 Å². The summed E-state index contributed by atoms with van der Waals surface area (Å²) < 4.78 is 0. The molecular weight excluding hydrogens is 250 g/mol. The molecule has 0 unspecified atom stereocenters. The molecule has 18 heavy (non-hydrogen) atoms. The van der Waals surface area contributed by atoms with Gasteiger partial charge in [0.2, 0.25) is 5.91 Å². The van der Waals surface area contributed by atoms with Crippen LogP contribution in [0.4, 0.5) is 5.82 Å². The second-order valence-corrected chi connectivity index (χ2v) is 4.58. The third-order valence-corrected chi connectivity index (χ3v) is 2.71. The number of nitrogens with zero attached hydrogens (tertiary/aromatic N) is 2. The molecule has 2 rings (SSSR count). The van der Waals surface area contributed by atoms with Crippen LogP contribution in [0.15, 0.2) is 12.4 Å². The zero-order valence-electron chi connectivity index (χ0n) is 9.85. The van der Waals surface area contributed by atoms with Crippen LogP contribution in [0.3, 0.4) is 0 Å². The number of carbonyl (C=O) groups is 1. The molecule has 1 fully saturated rings. The van der Waals surface area contributed by atoms with Gasteiger partial charge in [-0.3, -0.25) is 4.79 Å². The molecule has 0 atom stereocenters. The number of amides is 1. The highest BCUT2D eigenvalue weighted by Gasteiger charge is 2.22. The molecule has 1 saturated carbocycles. The maximum Gasteiger partial charge on any atom is 0.221 e. The molecule has 0 aromatic carbocycles. The van der Waals surface area contributed by atoms with Crippen LogP contribution in [0.25, 0.3) is 0 Å². The van der Waals surface area contributed by atoms with Crippen molar-refractivity contribution in [1.29, 1.82) is 0 Å². The van der Waals surface area contributed by atoms with E-state index in [1.165, 1.54) is 6.20 Å². The predicted molar refractivity (Wildman–Crippen MR) is 72.2 cm³/mol. The van der Waals surface area contributed by atoms with Gasteiger partial charge in [0.25, 0.3) is 0 Å². The summed E-state index contributed by atoms with van der Waals surface area (Å²) in [6.07, 6.45) is 5.65. The van der Waals surface area contributed by atoms with Gasteiger partial charge in [-0.2, -0.15) is 0 Å². The number of anilines is 1. The Morgan fingerprint density at radius 2 is 2.17 bits per heavy atom. The molecular formula is C11H15N5OS. The molecule has 1 aliphatic carbocycles. The lowest BCUT2D eigenvalue weighted by atomic mass is 10.3. The summed E-state index contributed by atoms with van der Waals surface area (Å²) in [6, 6.07) is 0.390. The Morgan fingerprint density at radius 1 is 1.44 bits per heavy atom. The van der Waals surface area contributed by atoms with Crippen LogP contribution in [0, 0.1) is 0 Å². The molecule has 0 bridgehead atoms. The van der Waals surface area contributed by atoms with Gasteiger partial charge >= 0.3 is 0 Å². The molecule has 96 valence electrons. The topological polar surface area (TPSA) is 92.9 Å². The Kier molecular flexibility index (Phi) is 4.03. The Balaban J connectivity index is 1.82. The van der Waals surface area contributed by atoms with Crippen LogP contribution < -0.4 is 16.4 Å². The lowest BCUT2D eigenvalue weighted by Crippen LogP contribution is -2.27. The first-order chi connectivity index (χ1) is 8.66. The molecule has 1 heterocycles. The number of nitrogens with two attached hydrogens (primary N) is 1. The molecule has 0 saturated heterocycles. The summed E-state index contributed by atoms with van der Waals surface area (Å²) in [5.41, 5.74) is 5.98. The zero-order valence-corrected chi connectivity index (χ0v) is 10.7. The van der Waals surface area contributed by atoms with Crippen LogP contribution in [0.2, 0.25) is 0 Å². The van der Waals surface area contributed by atoms with Crippen molar-refractivity contribution in [3.63, 3.8) is 0 Å². The number of carbonyl (C=O) groups excluding carboxylic acids is 1. The summed E-state index contributed by atoms with van der Waals surface area (Å²) >= 11 is 4.87. The highest BCUT2D eigenvalue weighted by atomic mass is 32.1. The van der Waals surface area contributed by atoms with Crippen LogP contribution in [-0.4, -0.2) is 33.5 Å². The number of hydrogen-bond acceptors (Lipinski definition) is 5. The lowest BCUT2D eigenvalue weighted by molar-refractivity contribution is -0.120. The number of thiocarbonyl (C=S) groups is 1. The summed E-state index contributed by atoms with van der Waals surface area (Å²) in [6.45, 7) is 0.479. The number of aromatic nitrogens is 2. The van der Waals surface area contributed by atoms with Crippen molar-refractivity contribution in [1.82, 2.24) is 15.3 Å². The molecule has 6 nitrogen and oxygen atoms in total. The van der Waals surface area contributed by atoms with Crippen LogP contribution in [-0.2, 0) is 4.79 Å². The third-order valence-electron chi connectivity index (χ3n) is 2.52. The highest BCUT2D eigenvalue weighted by molar-refractivity contribution is 7.80. The van der Waals surface area contributed by atoms with Crippen molar-refractivity contribution in [3.05, 3.63) is 18.1 Å². The molecule has 0 aliphatic heterocycles. The minimum atomic E-state index is 0.0470.